The van der Waals surface area contributed by atoms with Crippen molar-refractivity contribution in [1.29, 1.82) is 0 Å². The number of hydrogen-bond donors (Lipinski definition) is 2. The summed E-state index contributed by atoms with van der Waals surface area (Å²) in [6.45, 7) is 9.65. The molecule has 1 radical (unpaired) electrons. The fourth-order valence-electron chi connectivity index (χ4n) is 1.15. The normalized spacial score (nSPS) is 18.6. The predicted molar refractivity (Wildman–Crippen MR) is 51.6 cm³/mol. The van der Waals surface area contributed by atoms with Crippen molar-refractivity contribution >= 4 is 7.28 Å². The summed E-state index contributed by atoms with van der Waals surface area (Å²) in [6, 6.07) is 0. The van der Waals surface area contributed by atoms with Gasteiger partial charge in [-0.15, -0.1) is 6.58 Å². The van der Waals surface area contributed by atoms with E-state index in [2.05, 4.69) is 6.58 Å². The fourth-order valence-corrected chi connectivity index (χ4v) is 1.15. The van der Waals surface area contributed by atoms with Crippen LogP contribution in [0.1, 0.15) is 20.3 Å². The van der Waals surface area contributed by atoms with Crippen molar-refractivity contribution in [3.8, 4) is 0 Å². The van der Waals surface area contributed by atoms with Crippen LogP contribution in [0.25, 0.3) is 0 Å². The molecule has 0 saturated heterocycles. The zero-order valence-corrected chi connectivity index (χ0v) is 7.72. The number of rotatable bonds is 4. The molecule has 0 rings (SSSR count). The Kier molecular flexibility index (Phi) is 3.83. The van der Waals surface area contributed by atoms with Gasteiger partial charge in [0.1, 0.15) is 7.28 Å². The van der Waals surface area contributed by atoms with E-state index in [1.165, 1.54) is 0 Å². The van der Waals surface area contributed by atoms with Gasteiger partial charge in [0.15, 0.2) is 0 Å². The van der Waals surface area contributed by atoms with Crippen LogP contribution in [0.5, 0.6) is 0 Å². The average molecular weight is 153 g/mol. The molecular formula is C8H18BN2. The van der Waals surface area contributed by atoms with E-state index in [0.29, 0.717) is 0 Å². The van der Waals surface area contributed by atoms with Crippen LogP contribution in [0.15, 0.2) is 12.2 Å². The van der Waals surface area contributed by atoms with E-state index in [1.54, 1.807) is 0 Å². The first-order chi connectivity index (χ1) is 4.90. The largest absolute Gasteiger partial charge is 0.333 e. The number of hydrogen-bond acceptors (Lipinski definition) is 2. The van der Waals surface area contributed by atoms with E-state index in [9.17, 15) is 0 Å². The summed E-state index contributed by atoms with van der Waals surface area (Å²) < 4.78 is 0. The van der Waals surface area contributed by atoms with Crippen LogP contribution in [0.3, 0.4) is 0 Å². The molecule has 4 N–H and O–H groups in total. The summed E-state index contributed by atoms with van der Waals surface area (Å²) in [6.07, 6.45) is 0.776. The molecule has 2 unspecified atom stereocenters. The molecule has 0 saturated carbocycles. The van der Waals surface area contributed by atoms with E-state index in [-0.39, 0.29) is 11.5 Å². The first-order valence-corrected chi connectivity index (χ1v) is 3.88. The smallest absolute Gasteiger partial charge is 0.131 e. The highest BCUT2D eigenvalue weighted by atomic mass is 14.8. The van der Waals surface area contributed by atoms with Crippen LogP contribution in [-0.4, -0.2) is 18.8 Å². The first kappa shape index (κ1) is 10.7. The third-order valence-electron chi connectivity index (χ3n) is 1.80. The molecule has 2 nitrogen and oxygen atoms in total. The summed E-state index contributed by atoms with van der Waals surface area (Å²) in [5, 5.41) is 0. The van der Waals surface area contributed by atoms with Crippen molar-refractivity contribution in [2.45, 2.75) is 38.6 Å². The SMILES string of the molecule is C=C(C)CC(C)(N)C(N)[B]C. The van der Waals surface area contributed by atoms with Gasteiger partial charge in [-0.05, 0) is 26.2 Å². The van der Waals surface area contributed by atoms with Crippen molar-refractivity contribution < 1.29 is 0 Å². The summed E-state index contributed by atoms with van der Waals surface area (Å²) in [4.78, 5) is 0. The van der Waals surface area contributed by atoms with Crippen LogP contribution < -0.4 is 11.5 Å². The van der Waals surface area contributed by atoms with Gasteiger partial charge in [-0.1, -0.05) is 12.4 Å². The molecule has 0 bridgehead atoms. The molecular weight excluding hydrogens is 135 g/mol. The Bertz CT molecular complexity index is 143. The van der Waals surface area contributed by atoms with Crippen molar-refractivity contribution in [3.63, 3.8) is 0 Å². The molecule has 0 spiro atoms. The Balaban J connectivity index is 4.08. The Labute approximate surface area is 70.3 Å². The van der Waals surface area contributed by atoms with E-state index in [4.69, 9.17) is 11.5 Å². The van der Waals surface area contributed by atoms with Gasteiger partial charge in [-0.2, -0.15) is 0 Å². The van der Waals surface area contributed by atoms with E-state index in [1.807, 2.05) is 28.0 Å². The van der Waals surface area contributed by atoms with E-state index >= 15 is 0 Å². The molecule has 0 aromatic rings. The van der Waals surface area contributed by atoms with Crippen LogP contribution in [0, 0.1) is 0 Å². The summed E-state index contributed by atoms with van der Waals surface area (Å²) in [7, 11) is 1.92. The minimum atomic E-state index is -0.347. The molecule has 0 aliphatic heterocycles. The van der Waals surface area contributed by atoms with Crippen molar-refractivity contribution in [2.75, 3.05) is 0 Å². The molecule has 0 heterocycles. The molecule has 0 aliphatic rings. The van der Waals surface area contributed by atoms with Gasteiger partial charge in [0.2, 0.25) is 0 Å². The maximum absolute atomic E-state index is 5.95. The highest BCUT2D eigenvalue weighted by Gasteiger charge is 2.25. The molecule has 0 fully saturated rings. The Morgan fingerprint density at radius 2 is 2.18 bits per heavy atom. The topological polar surface area (TPSA) is 52.0 Å². The molecule has 0 aromatic carbocycles. The van der Waals surface area contributed by atoms with E-state index < -0.39 is 0 Å². The Morgan fingerprint density at radius 3 is 2.45 bits per heavy atom. The lowest BCUT2D eigenvalue weighted by atomic mass is 9.63. The van der Waals surface area contributed by atoms with Crippen LogP contribution >= 0.6 is 0 Å². The minimum absolute atomic E-state index is 0.0563. The fraction of sp³-hybridized carbons (Fsp3) is 0.750. The number of nitrogens with two attached hydrogens (primary N) is 2. The zero-order valence-electron chi connectivity index (χ0n) is 7.72. The van der Waals surface area contributed by atoms with Gasteiger partial charge >= 0.3 is 0 Å². The summed E-state index contributed by atoms with van der Waals surface area (Å²) in [5.74, 6) is -0.0563. The lowest BCUT2D eigenvalue weighted by Gasteiger charge is -2.30. The van der Waals surface area contributed by atoms with Gasteiger partial charge in [0, 0.05) is 5.54 Å². The molecule has 11 heavy (non-hydrogen) atoms. The molecule has 63 valence electrons. The summed E-state index contributed by atoms with van der Waals surface area (Å²) in [5.41, 5.74) is 12.5. The maximum Gasteiger partial charge on any atom is 0.131 e. The third kappa shape index (κ3) is 3.58. The van der Waals surface area contributed by atoms with Gasteiger partial charge < -0.3 is 11.5 Å². The molecule has 0 amide bonds. The lowest BCUT2D eigenvalue weighted by molar-refractivity contribution is 0.442. The standard InChI is InChI=1S/C8H18BN2/c1-6(2)5-8(3,11)7(10)9-4/h7H,1,5,10-11H2,2-4H3. The quantitative estimate of drug-likeness (QED) is 0.461. The highest BCUT2D eigenvalue weighted by molar-refractivity contribution is 6.36. The van der Waals surface area contributed by atoms with Gasteiger partial charge in [-0.3, -0.25) is 0 Å². The lowest BCUT2D eigenvalue weighted by Crippen LogP contribution is -2.55. The van der Waals surface area contributed by atoms with E-state index in [0.717, 1.165) is 12.0 Å². The molecule has 0 aromatic heterocycles. The minimum Gasteiger partial charge on any atom is -0.333 e. The van der Waals surface area contributed by atoms with Crippen LogP contribution in [0.4, 0.5) is 0 Å². The second-order valence-electron chi connectivity index (χ2n) is 3.50. The molecule has 2 atom stereocenters. The van der Waals surface area contributed by atoms with Gasteiger partial charge in [0.05, 0.1) is 0 Å². The van der Waals surface area contributed by atoms with Gasteiger partial charge in [-0.25, -0.2) is 0 Å². The van der Waals surface area contributed by atoms with Crippen LogP contribution in [-0.2, 0) is 0 Å². The van der Waals surface area contributed by atoms with Gasteiger partial charge in [0.25, 0.3) is 0 Å². The van der Waals surface area contributed by atoms with Crippen LogP contribution in [0.2, 0.25) is 6.82 Å². The molecule has 3 heteroatoms. The van der Waals surface area contributed by atoms with Crippen molar-refractivity contribution in [2.24, 2.45) is 11.5 Å². The Morgan fingerprint density at radius 1 is 1.73 bits per heavy atom. The Hall–Kier alpha value is -0.275. The monoisotopic (exact) mass is 153 g/mol. The van der Waals surface area contributed by atoms with Crippen molar-refractivity contribution in [1.82, 2.24) is 0 Å². The first-order valence-electron chi connectivity index (χ1n) is 3.88. The second kappa shape index (κ2) is 3.93. The zero-order chi connectivity index (χ0) is 9.07. The second-order valence-corrected chi connectivity index (χ2v) is 3.50. The average Bonchev–Trinajstić information content (AvgIpc) is 1.83. The predicted octanol–water partition coefficient (Wildman–Crippen LogP) is 0.707. The van der Waals surface area contributed by atoms with Crippen molar-refractivity contribution in [3.05, 3.63) is 12.2 Å². The maximum atomic E-state index is 5.95. The third-order valence-corrected chi connectivity index (χ3v) is 1.80. The molecule has 0 aliphatic carbocycles. The highest BCUT2D eigenvalue weighted by Crippen LogP contribution is 2.14. The summed E-state index contributed by atoms with van der Waals surface area (Å²) >= 11 is 0.